The Kier molecular flexibility index (Phi) is 2.32. The number of rotatable bonds is 2. The number of halogens is 2. The molecule has 0 spiro atoms. The van der Waals surface area contributed by atoms with Crippen molar-refractivity contribution >= 4 is 0 Å². The Bertz CT molecular complexity index is 384. The Morgan fingerprint density at radius 3 is 3.00 bits per heavy atom. The predicted molar refractivity (Wildman–Crippen MR) is 44.2 cm³/mol. The smallest absolute Gasteiger partial charge is 0.308 e. The van der Waals surface area contributed by atoms with Crippen LogP contribution in [0.25, 0.3) is 0 Å². The van der Waals surface area contributed by atoms with E-state index in [1.165, 1.54) is 4.57 Å². The summed E-state index contributed by atoms with van der Waals surface area (Å²) in [5.41, 5.74) is -0.443. The van der Waals surface area contributed by atoms with Gasteiger partial charge in [-0.1, -0.05) is 0 Å². The van der Waals surface area contributed by atoms with Gasteiger partial charge in [-0.15, -0.1) is 0 Å². The summed E-state index contributed by atoms with van der Waals surface area (Å²) in [4.78, 5) is 11.5. The Morgan fingerprint density at radius 2 is 2.36 bits per heavy atom. The van der Waals surface area contributed by atoms with Crippen molar-refractivity contribution in [1.82, 2.24) is 19.7 Å². The molecule has 1 aromatic heterocycles. The third-order valence-corrected chi connectivity index (χ3v) is 2.11. The molecule has 0 unspecified atom stereocenters. The molecule has 0 amide bonds. The first kappa shape index (κ1) is 9.32. The second-order valence-corrected chi connectivity index (χ2v) is 3.10. The SMILES string of the molecule is O=c1n(CC(F)F)nc2n1CCNC2. The van der Waals surface area contributed by atoms with Crippen molar-refractivity contribution in [2.45, 2.75) is 26.1 Å². The summed E-state index contributed by atoms with van der Waals surface area (Å²) in [5, 5.41) is 6.83. The highest BCUT2D eigenvalue weighted by Gasteiger charge is 2.17. The van der Waals surface area contributed by atoms with Crippen molar-refractivity contribution in [3.63, 3.8) is 0 Å². The van der Waals surface area contributed by atoms with E-state index in [1.54, 1.807) is 0 Å². The van der Waals surface area contributed by atoms with Gasteiger partial charge in [0.05, 0.1) is 6.54 Å². The lowest BCUT2D eigenvalue weighted by molar-refractivity contribution is 0.120. The second kappa shape index (κ2) is 3.49. The average molecular weight is 204 g/mol. The van der Waals surface area contributed by atoms with E-state index in [1.807, 2.05) is 0 Å². The van der Waals surface area contributed by atoms with Crippen LogP contribution in [0.2, 0.25) is 0 Å². The van der Waals surface area contributed by atoms with E-state index in [0.717, 1.165) is 4.68 Å². The lowest BCUT2D eigenvalue weighted by Gasteiger charge is -2.11. The van der Waals surface area contributed by atoms with E-state index in [2.05, 4.69) is 10.4 Å². The Morgan fingerprint density at radius 1 is 1.57 bits per heavy atom. The van der Waals surface area contributed by atoms with E-state index in [4.69, 9.17) is 0 Å². The van der Waals surface area contributed by atoms with E-state index >= 15 is 0 Å². The largest absolute Gasteiger partial charge is 0.346 e. The zero-order valence-corrected chi connectivity index (χ0v) is 7.41. The van der Waals surface area contributed by atoms with Crippen molar-refractivity contribution in [3.8, 4) is 0 Å². The molecule has 14 heavy (non-hydrogen) atoms. The number of hydrogen-bond donors (Lipinski definition) is 1. The molecule has 0 bridgehead atoms. The first-order valence-electron chi connectivity index (χ1n) is 4.34. The Labute approximate surface area is 78.3 Å². The third-order valence-electron chi connectivity index (χ3n) is 2.11. The number of nitrogens with zero attached hydrogens (tertiary/aromatic N) is 3. The average Bonchev–Trinajstić information content (AvgIpc) is 2.44. The van der Waals surface area contributed by atoms with Crippen molar-refractivity contribution in [2.24, 2.45) is 0 Å². The molecule has 5 nitrogen and oxygen atoms in total. The summed E-state index contributed by atoms with van der Waals surface area (Å²) in [5.74, 6) is 0.530. The molecule has 2 heterocycles. The molecule has 0 aromatic carbocycles. The van der Waals surface area contributed by atoms with Crippen LogP contribution in [0.1, 0.15) is 5.82 Å². The van der Waals surface area contributed by atoms with Gasteiger partial charge in [-0.25, -0.2) is 18.3 Å². The standard InChI is InChI=1S/C7H10F2N4O/c8-5(9)4-13-7(14)12-2-1-10-3-6(12)11-13/h5,10H,1-4H2. The molecule has 1 aromatic rings. The monoisotopic (exact) mass is 204 g/mol. The van der Waals surface area contributed by atoms with Gasteiger partial charge in [0.1, 0.15) is 12.4 Å². The van der Waals surface area contributed by atoms with Crippen LogP contribution in [0.15, 0.2) is 4.79 Å². The number of fused-ring (bicyclic) bond motifs is 1. The fourth-order valence-electron chi connectivity index (χ4n) is 1.48. The minimum absolute atomic E-state index is 0.443. The van der Waals surface area contributed by atoms with Crippen LogP contribution < -0.4 is 11.0 Å². The van der Waals surface area contributed by atoms with Gasteiger partial charge in [0.25, 0.3) is 6.43 Å². The van der Waals surface area contributed by atoms with Crippen molar-refractivity contribution in [3.05, 3.63) is 16.3 Å². The van der Waals surface area contributed by atoms with Gasteiger partial charge in [0, 0.05) is 13.1 Å². The minimum Gasteiger partial charge on any atom is -0.308 e. The van der Waals surface area contributed by atoms with Gasteiger partial charge in [0.15, 0.2) is 0 Å². The normalized spacial score (nSPS) is 15.9. The zero-order chi connectivity index (χ0) is 10.1. The molecule has 1 aliphatic heterocycles. The van der Waals surface area contributed by atoms with Gasteiger partial charge >= 0.3 is 5.69 Å². The van der Waals surface area contributed by atoms with Crippen LogP contribution >= 0.6 is 0 Å². The maximum Gasteiger partial charge on any atom is 0.346 e. The quantitative estimate of drug-likeness (QED) is 0.700. The maximum atomic E-state index is 12.0. The maximum absolute atomic E-state index is 12.0. The zero-order valence-electron chi connectivity index (χ0n) is 7.41. The van der Waals surface area contributed by atoms with Crippen molar-refractivity contribution in [2.75, 3.05) is 6.54 Å². The van der Waals surface area contributed by atoms with Gasteiger partial charge < -0.3 is 5.32 Å². The summed E-state index contributed by atoms with van der Waals surface area (Å²) in [6.07, 6.45) is -2.54. The van der Waals surface area contributed by atoms with Crippen LogP contribution in [-0.4, -0.2) is 27.3 Å². The highest BCUT2D eigenvalue weighted by Crippen LogP contribution is 2.00. The molecule has 0 saturated carbocycles. The van der Waals surface area contributed by atoms with Crippen LogP contribution in [0.4, 0.5) is 8.78 Å². The molecule has 0 saturated heterocycles. The molecule has 0 radical (unpaired) electrons. The second-order valence-electron chi connectivity index (χ2n) is 3.10. The molecule has 0 fully saturated rings. The molecular weight excluding hydrogens is 194 g/mol. The molecular formula is C7H10F2N4O. The van der Waals surface area contributed by atoms with Crippen molar-refractivity contribution < 1.29 is 8.78 Å². The third kappa shape index (κ3) is 1.54. The summed E-state index contributed by atoms with van der Waals surface area (Å²) in [6.45, 7) is 1.01. The topological polar surface area (TPSA) is 51.9 Å². The van der Waals surface area contributed by atoms with Gasteiger partial charge in [-0.3, -0.25) is 4.57 Å². The molecule has 1 aliphatic rings. The Hall–Kier alpha value is -1.24. The first-order chi connectivity index (χ1) is 6.68. The number of nitrogens with one attached hydrogen (secondary N) is 1. The van der Waals surface area contributed by atoms with E-state index < -0.39 is 18.7 Å². The summed E-state index contributed by atoms with van der Waals surface area (Å²) in [7, 11) is 0. The Balaban J connectivity index is 2.34. The van der Waals surface area contributed by atoms with Crippen LogP contribution in [-0.2, 0) is 19.6 Å². The summed E-state index contributed by atoms with van der Waals surface area (Å²) >= 11 is 0. The molecule has 1 N–H and O–H groups in total. The lowest BCUT2D eigenvalue weighted by Crippen LogP contribution is -2.34. The highest BCUT2D eigenvalue weighted by atomic mass is 19.3. The summed E-state index contributed by atoms with van der Waals surface area (Å²) < 4.78 is 26.3. The molecule has 78 valence electrons. The van der Waals surface area contributed by atoms with E-state index in [9.17, 15) is 13.6 Å². The van der Waals surface area contributed by atoms with Gasteiger partial charge in [-0.2, -0.15) is 5.10 Å². The van der Waals surface area contributed by atoms with Crippen molar-refractivity contribution in [1.29, 1.82) is 0 Å². The van der Waals surface area contributed by atoms with Crippen LogP contribution in [0.3, 0.4) is 0 Å². The minimum atomic E-state index is -2.54. The lowest BCUT2D eigenvalue weighted by atomic mass is 10.4. The van der Waals surface area contributed by atoms with Crippen LogP contribution in [0.5, 0.6) is 0 Å². The molecule has 0 atom stereocenters. The van der Waals surface area contributed by atoms with E-state index in [-0.39, 0.29) is 0 Å². The molecule has 0 aliphatic carbocycles. The first-order valence-corrected chi connectivity index (χ1v) is 4.34. The van der Waals surface area contributed by atoms with Gasteiger partial charge in [-0.05, 0) is 0 Å². The molecule has 2 rings (SSSR count). The number of aromatic nitrogens is 3. The highest BCUT2D eigenvalue weighted by molar-refractivity contribution is 4.90. The van der Waals surface area contributed by atoms with E-state index in [0.29, 0.717) is 25.5 Å². The molecule has 7 heteroatoms. The predicted octanol–water partition coefficient (Wildman–Crippen LogP) is -0.587. The van der Waals surface area contributed by atoms with Gasteiger partial charge in [0.2, 0.25) is 0 Å². The number of hydrogen-bond acceptors (Lipinski definition) is 3. The number of alkyl halides is 2. The van der Waals surface area contributed by atoms with Crippen LogP contribution in [0, 0.1) is 0 Å². The fourth-order valence-corrected chi connectivity index (χ4v) is 1.48. The fraction of sp³-hybridized carbons (Fsp3) is 0.714. The summed E-state index contributed by atoms with van der Waals surface area (Å²) in [6, 6.07) is 0.